The topological polar surface area (TPSA) is 104 Å². The highest BCUT2D eigenvalue weighted by Crippen LogP contribution is 2.43. The van der Waals surface area contributed by atoms with Gasteiger partial charge in [-0.15, -0.1) is 0 Å². The Labute approximate surface area is 102 Å². The molecule has 5 N–H and O–H groups in total. The molecule has 1 aromatic carbocycles. The Bertz CT molecular complexity index is 404. The summed E-state index contributed by atoms with van der Waals surface area (Å²) < 4.78 is -0.0275. The number of aromatic hydroxyl groups is 2. The number of halogens is 2. The van der Waals surface area contributed by atoms with Gasteiger partial charge in [-0.2, -0.15) is 0 Å². The van der Waals surface area contributed by atoms with Crippen molar-refractivity contribution in [1.29, 1.82) is 0 Å². The summed E-state index contributed by atoms with van der Waals surface area (Å²) >= 11 is 5.86. The van der Waals surface area contributed by atoms with E-state index in [9.17, 15) is 15.0 Å². The molecule has 0 aromatic heterocycles. The number of phenolic OH excluding ortho intramolecular Hbond substituents is 2. The van der Waals surface area contributed by atoms with E-state index in [1.165, 1.54) is 0 Å². The molecule has 1 rings (SSSR count). The van der Waals surface area contributed by atoms with Crippen molar-refractivity contribution in [2.24, 2.45) is 5.73 Å². The summed E-state index contributed by atoms with van der Waals surface area (Å²) in [5.74, 6) is -2.01. The second-order valence-electron chi connectivity index (χ2n) is 2.69. The van der Waals surface area contributed by atoms with E-state index in [-0.39, 0.29) is 38.1 Å². The van der Waals surface area contributed by atoms with Crippen molar-refractivity contribution < 1.29 is 20.1 Å². The van der Waals surface area contributed by atoms with Crippen molar-refractivity contribution in [1.82, 2.24) is 0 Å². The maximum atomic E-state index is 10.8. The van der Waals surface area contributed by atoms with Crippen molar-refractivity contribution in [3.05, 3.63) is 20.1 Å². The number of nitrogens with two attached hydrogens (primary N) is 1. The van der Waals surface area contributed by atoms with Crippen molar-refractivity contribution >= 4 is 37.8 Å². The standard InChI is InChI=1S/C8H7Br2NO4/c9-4-3(8(14)15)5(10)7(13)2(1-11)6(4)12/h12-13H,1,11H2,(H,14,15). The highest BCUT2D eigenvalue weighted by Gasteiger charge is 2.24. The molecule has 0 saturated carbocycles. The van der Waals surface area contributed by atoms with Crippen LogP contribution in [0, 0.1) is 0 Å². The number of benzene rings is 1. The van der Waals surface area contributed by atoms with E-state index < -0.39 is 5.97 Å². The second-order valence-corrected chi connectivity index (χ2v) is 4.27. The molecule has 0 fully saturated rings. The number of carbonyl (C=O) groups is 1. The summed E-state index contributed by atoms with van der Waals surface area (Å²) in [4.78, 5) is 10.8. The lowest BCUT2D eigenvalue weighted by Crippen LogP contribution is -2.04. The zero-order valence-electron chi connectivity index (χ0n) is 7.29. The van der Waals surface area contributed by atoms with E-state index in [1.807, 2.05) is 0 Å². The summed E-state index contributed by atoms with van der Waals surface area (Å²) in [5, 5.41) is 28.0. The van der Waals surface area contributed by atoms with Gasteiger partial charge in [0.05, 0.1) is 20.1 Å². The van der Waals surface area contributed by atoms with Gasteiger partial charge < -0.3 is 21.1 Å². The third kappa shape index (κ3) is 1.95. The van der Waals surface area contributed by atoms with Gasteiger partial charge in [-0.1, -0.05) is 0 Å². The van der Waals surface area contributed by atoms with Gasteiger partial charge >= 0.3 is 5.97 Å². The van der Waals surface area contributed by atoms with Crippen LogP contribution in [0.1, 0.15) is 15.9 Å². The zero-order valence-corrected chi connectivity index (χ0v) is 10.5. The third-order valence-corrected chi connectivity index (χ3v) is 3.39. The summed E-state index contributed by atoms with van der Waals surface area (Å²) in [6.45, 7) is -0.102. The smallest absolute Gasteiger partial charge is 0.338 e. The van der Waals surface area contributed by atoms with E-state index in [4.69, 9.17) is 10.8 Å². The third-order valence-electron chi connectivity index (χ3n) is 1.84. The van der Waals surface area contributed by atoms with Crippen LogP contribution in [0.3, 0.4) is 0 Å². The molecule has 0 amide bonds. The number of hydrogen-bond acceptors (Lipinski definition) is 4. The van der Waals surface area contributed by atoms with E-state index in [0.29, 0.717) is 0 Å². The van der Waals surface area contributed by atoms with Gasteiger partial charge in [0.1, 0.15) is 11.5 Å². The maximum Gasteiger partial charge on any atom is 0.338 e. The molecule has 0 bridgehead atoms. The number of aromatic carboxylic acids is 1. The molecule has 0 spiro atoms. The van der Waals surface area contributed by atoms with Gasteiger partial charge in [-0.25, -0.2) is 4.79 Å². The van der Waals surface area contributed by atoms with Gasteiger partial charge in [0.15, 0.2) is 0 Å². The quantitative estimate of drug-likeness (QED) is 0.657. The molecule has 0 unspecified atom stereocenters. The number of carboxylic acid groups (broad SMARTS) is 1. The lowest BCUT2D eigenvalue weighted by atomic mass is 10.1. The predicted molar refractivity (Wildman–Crippen MR) is 60.0 cm³/mol. The van der Waals surface area contributed by atoms with Gasteiger partial charge in [0.2, 0.25) is 0 Å². The first-order valence-electron chi connectivity index (χ1n) is 3.76. The van der Waals surface area contributed by atoms with Crippen LogP contribution < -0.4 is 5.73 Å². The van der Waals surface area contributed by atoms with Gasteiger partial charge in [0, 0.05) is 6.54 Å². The largest absolute Gasteiger partial charge is 0.506 e. The van der Waals surface area contributed by atoms with Crippen molar-refractivity contribution in [3.8, 4) is 11.5 Å². The average molecular weight is 341 g/mol. The first kappa shape index (κ1) is 12.3. The number of carboxylic acids is 1. The van der Waals surface area contributed by atoms with Crippen LogP contribution in [-0.2, 0) is 6.54 Å². The minimum Gasteiger partial charge on any atom is -0.506 e. The first-order chi connectivity index (χ1) is 6.91. The first-order valence-corrected chi connectivity index (χ1v) is 5.35. The van der Waals surface area contributed by atoms with Crippen LogP contribution >= 0.6 is 31.9 Å². The molecule has 7 heteroatoms. The fraction of sp³-hybridized carbons (Fsp3) is 0.125. The Balaban J connectivity index is 3.66. The molecule has 0 saturated heterocycles. The Morgan fingerprint density at radius 2 is 1.60 bits per heavy atom. The minimum atomic E-state index is -1.28. The van der Waals surface area contributed by atoms with Crippen molar-refractivity contribution in [2.45, 2.75) is 6.54 Å². The summed E-state index contributed by atoms with van der Waals surface area (Å²) in [7, 11) is 0. The molecule has 5 nitrogen and oxygen atoms in total. The molecule has 0 atom stereocenters. The molecule has 1 aromatic rings. The van der Waals surface area contributed by atoms with E-state index in [0.717, 1.165) is 0 Å². The molecule has 0 radical (unpaired) electrons. The van der Waals surface area contributed by atoms with Gasteiger partial charge in [0.25, 0.3) is 0 Å². The molecular formula is C8H7Br2NO4. The molecule has 0 aliphatic carbocycles. The average Bonchev–Trinajstić information content (AvgIpc) is 2.16. The molecular weight excluding hydrogens is 334 g/mol. The normalized spacial score (nSPS) is 10.3. The molecule has 82 valence electrons. The molecule has 15 heavy (non-hydrogen) atoms. The Kier molecular flexibility index (Phi) is 3.58. The summed E-state index contributed by atoms with van der Waals surface area (Å²) in [6, 6.07) is 0. The van der Waals surface area contributed by atoms with Gasteiger partial charge in [-0.3, -0.25) is 0 Å². The van der Waals surface area contributed by atoms with E-state index >= 15 is 0 Å². The number of rotatable bonds is 2. The van der Waals surface area contributed by atoms with Crippen LogP contribution in [0.15, 0.2) is 8.95 Å². The fourth-order valence-corrected chi connectivity index (χ4v) is 2.57. The number of phenols is 2. The molecule has 0 heterocycles. The highest BCUT2D eigenvalue weighted by atomic mass is 79.9. The van der Waals surface area contributed by atoms with E-state index in [2.05, 4.69) is 31.9 Å². The van der Waals surface area contributed by atoms with Crippen LogP contribution in [0.4, 0.5) is 0 Å². The fourth-order valence-electron chi connectivity index (χ4n) is 1.09. The van der Waals surface area contributed by atoms with E-state index in [1.54, 1.807) is 0 Å². The van der Waals surface area contributed by atoms with Crippen molar-refractivity contribution in [2.75, 3.05) is 0 Å². The lowest BCUT2D eigenvalue weighted by molar-refractivity contribution is 0.0693. The Hall–Kier alpha value is -0.790. The minimum absolute atomic E-state index is 0.0138. The Morgan fingerprint density at radius 1 is 1.20 bits per heavy atom. The van der Waals surface area contributed by atoms with Crippen LogP contribution in [0.25, 0.3) is 0 Å². The molecule has 0 aliphatic heterocycles. The summed E-state index contributed by atoms with van der Waals surface area (Å²) in [5.41, 5.74) is 5.14. The van der Waals surface area contributed by atoms with Crippen LogP contribution in [-0.4, -0.2) is 21.3 Å². The zero-order chi connectivity index (χ0) is 11.7. The summed E-state index contributed by atoms with van der Waals surface area (Å²) in [6.07, 6.45) is 0. The second kappa shape index (κ2) is 4.38. The predicted octanol–water partition coefficient (Wildman–Crippen LogP) is 1.78. The molecule has 0 aliphatic rings. The Morgan fingerprint density at radius 3 is 1.87 bits per heavy atom. The van der Waals surface area contributed by atoms with Crippen LogP contribution in [0.5, 0.6) is 11.5 Å². The monoisotopic (exact) mass is 339 g/mol. The SMILES string of the molecule is NCc1c(O)c(Br)c(C(=O)O)c(Br)c1O. The lowest BCUT2D eigenvalue weighted by Gasteiger charge is -2.12. The van der Waals surface area contributed by atoms with Crippen molar-refractivity contribution in [3.63, 3.8) is 0 Å². The van der Waals surface area contributed by atoms with Gasteiger partial charge in [-0.05, 0) is 31.9 Å². The maximum absolute atomic E-state index is 10.8. The van der Waals surface area contributed by atoms with Crippen LogP contribution in [0.2, 0.25) is 0 Å². The highest BCUT2D eigenvalue weighted by molar-refractivity contribution is 9.11. The number of hydrogen-bond donors (Lipinski definition) is 4.